The normalized spacial score (nSPS) is 10.1. The quantitative estimate of drug-likeness (QED) is 0.667. The summed E-state index contributed by atoms with van der Waals surface area (Å²) in [5.74, 6) is 3.18. The molecule has 4 nitrogen and oxygen atoms in total. The number of benzene rings is 2. The summed E-state index contributed by atoms with van der Waals surface area (Å²) < 4.78 is 5.16. The van der Waals surface area contributed by atoms with Gasteiger partial charge in [-0.1, -0.05) is 12.0 Å². The molecule has 0 aliphatic carbocycles. The molecule has 1 amide bonds. The highest BCUT2D eigenvalue weighted by molar-refractivity contribution is 7.13. The van der Waals surface area contributed by atoms with Crippen LogP contribution < -0.4 is 9.64 Å². The van der Waals surface area contributed by atoms with E-state index in [2.05, 4.69) is 10.9 Å². The van der Waals surface area contributed by atoms with Crippen molar-refractivity contribution < 1.29 is 9.53 Å². The van der Waals surface area contributed by atoms with Gasteiger partial charge in [0.2, 0.25) is 0 Å². The van der Waals surface area contributed by atoms with E-state index in [-0.39, 0.29) is 5.91 Å². The SMILES string of the molecule is C#Cc1cccc(N(C)C(=O)c2csc(-c3ccc(OC)cc3)n2)c1. The van der Waals surface area contributed by atoms with Crippen molar-refractivity contribution in [3.63, 3.8) is 0 Å². The summed E-state index contributed by atoms with van der Waals surface area (Å²) in [5.41, 5.74) is 2.82. The van der Waals surface area contributed by atoms with E-state index in [1.54, 1.807) is 30.5 Å². The van der Waals surface area contributed by atoms with Crippen LogP contribution in [0.5, 0.6) is 5.75 Å². The van der Waals surface area contributed by atoms with E-state index < -0.39 is 0 Å². The van der Waals surface area contributed by atoms with Crippen LogP contribution in [0.3, 0.4) is 0 Å². The molecule has 2 aromatic carbocycles. The van der Waals surface area contributed by atoms with Crippen molar-refractivity contribution in [3.05, 3.63) is 65.2 Å². The molecule has 0 aliphatic heterocycles. The van der Waals surface area contributed by atoms with Crippen molar-refractivity contribution in [1.29, 1.82) is 0 Å². The number of aromatic nitrogens is 1. The average molecular weight is 348 g/mol. The summed E-state index contributed by atoms with van der Waals surface area (Å²) in [5, 5.41) is 2.56. The van der Waals surface area contributed by atoms with Gasteiger partial charge in [0.1, 0.15) is 16.5 Å². The van der Waals surface area contributed by atoms with Gasteiger partial charge in [-0.3, -0.25) is 4.79 Å². The van der Waals surface area contributed by atoms with Crippen molar-refractivity contribution in [1.82, 2.24) is 4.98 Å². The molecule has 3 rings (SSSR count). The van der Waals surface area contributed by atoms with Gasteiger partial charge in [0.05, 0.1) is 7.11 Å². The number of hydrogen-bond donors (Lipinski definition) is 0. The molecule has 0 saturated carbocycles. The van der Waals surface area contributed by atoms with Gasteiger partial charge in [-0.15, -0.1) is 17.8 Å². The second kappa shape index (κ2) is 7.20. The number of ether oxygens (including phenoxy) is 1. The lowest BCUT2D eigenvalue weighted by Crippen LogP contribution is -2.26. The third-order valence-corrected chi connectivity index (χ3v) is 4.66. The molecular weight excluding hydrogens is 332 g/mol. The summed E-state index contributed by atoms with van der Waals surface area (Å²) in [4.78, 5) is 18.7. The Labute approximate surface area is 150 Å². The molecule has 0 aliphatic rings. The zero-order valence-electron chi connectivity index (χ0n) is 13.9. The second-order valence-electron chi connectivity index (χ2n) is 5.33. The molecule has 0 unspecified atom stereocenters. The van der Waals surface area contributed by atoms with Gasteiger partial charge >= 0.3 is 0 Å². The van der Waals surface area contributed by atoms with Gasteiger partial charge in [-0.2, -0.15) is 0 Å². The number of carbonyl (C=O) groups excluding carboxylic acids is 1. The van der Waals surface area contributed by atoms with Crippen molar-refractivity contribution in [2.75, 3.05) is 19.1 Å². The number of nitrogens with zero attached hydrogens (tertiary/aromatic N) is 2. The predicted molar refractivity (Wildman–Crippen MR) is 101 cm³/mol. The second-order valence-corrected chi connectivity index (χ2v) is 6.18. The summed E-state index contributed by atoms with van der Waals surface area (Å²) in [7, 11) is 3.34. The zero-order valence-corrected chi connectivity index (χ0v) is 14.7. The fourth-order valence-corrected chi connectivity index (χ4v) is 3.13. The number of methoxy groups -OCH3 is 1. The van der Waals surface area contributed by atoms with Crippen LogP contribution in [-0.2, 0) is 0 Å². The van der Waals surface area contributed by atoms with Crippen molar-refractivity contribution in [3.8, 4) is 28.7 Å². The minimum atomic E-state index is -0.176. The molecule has 0 radical (unpaired) electrons. The molecule has 1 heterocycles. The van der Waals surface area contributed by atoms with Crippen LogP contribution in [0.1, 0.15) is 16.1 Å². The Morgan fingerprint density at radius 2 is 2.00 bits per heavy atom. The number of hydrogen-bond acceptors (Lipinski definition) is 4. The summed E-state index contributed by atoms with van der Waals surface area (Å²) >= 11 is 1.43. The van der Waals surface area contributed by atoms with Gasteiger partial charge in [0.25, 0.3) is 5.91 Å². The number of carbonyl (C=O) groups is 1. The third kappa shape index (κ3) is 3.54. The molecule has 124 valence electrons. The molecule has 0 bridgehead atoms. The third-order valence-electron chi connectivity index (χ3n) is 3.77. The van der Waals surface area contributed by atoms with Crippen LogP contribution in [0.2, 0.25) is 0 Å². The maximum Gasteiger partial charge on any atom is 0.277 e. The number of rotatable bonds is 4. The lowest BCUT2D eigenvalue weighted by molar-refractivity contribution is 0.0989. The molecular formula is C20H16N2O2S. The fraction of sp³-hybridized carbons (Fsp3) is 0.100. The Kier molecular flexibility index (Phi) is 4.82. The number of terminal acetylenes is 1. The monoisotopic (exact) mass is 348 g/mol. The van der Waals surface area contributed by atoms with Crippen LogP contribution in [0.4, 0.5) is 5.69 Å². The van der Waals surface area contributed by atoms with Crippen LogP contribution >= 0.6 is 11.3 Å². The fourth-order valence-electron chi connectivity index (χ4n) is 2.33. The van der Waals surface area contributed by atoms with Gasteiger partial charge in [-0.05, 0) is 42.5 Å². The van der Waals surface area contributed by atoms with Crippen LogP contribution in [0.25, 0.3) is 10.6 Å². The standard InChI is InChI=1S/C20H16N2O2S/c1-4-14-6-5-7-16(12-14)22(2)20(23)18-13-25-19(21-18)15-8-10-17(24-3)11-9-15/h1,5-13H,2-3H3. The lowest BCUT2D eigenvalue weighted by Gasteiger charge is -2.16. The smallest absolute Gasteiger partial charge is 0.277 e. The molecule has 0 saturated heterocycles. The first kappa shape index (κ1) is 16.7. The Morgan fingerprint density at radius 1 is 1.24 bits per heavy atom. The highest BCUT2D eigenvalue weighted by atomic mass is 32.1. The van der Waals surface area contributed by atoms with E-state index in [4.69, 9.17) is 11.2 Å². The molecule has 25 heavy (non-hydrogen) atoms. The van der Waals surface area contributed by atoms with Crippen LogP contribution in [0, 0.1) is 12.3 Å². The Balaban J connectivity index is 1.83. The highest BCUT2D eigenvalue weighted by Crippen LogP contribution is 2.26. The molecule has 0 atom stereocenters. The van der Waals surface area contributed by atoms with Gasteiger partial charge in [0.15, 0.2) is 0 Å². The minimum absolute atomic E-state index is 0.176. The first-order valence-corrected chi connectivity index (χ1v) is 8.45. The predicted octanol–water partition coefficient (Wildman–Crippen LogP) is 4.08. The number of amides is 1. The van der Waals surface area contributed by atoms with Crippen molar-refractivity contribution >= 4 is 22.9 Å². The average Bonchev–Trinajstić information content (AvgIpc) is 3.17. The van der Waals surface area contributed by atoms with E-state index in [1.165, 1.54) is 11.3 Å². The maximum absolute atomic E-state index is 12.7. The van der Waals surface area contributed by atoms with E-state index in [0.717, 1.165) is 27.6 Å². The Bertz CT molecular complexity index is 939. The number of anilines is 1. The van der Waals surface area contributed by atoms with Crippen LogP contribution in [-0.4, -0.2) is 25.0 Å². The summed E-state index contributed by atoms with van der Waals surface area (Å²) in [6.45, 7) is 0. The molecule has 0 spiro atoms. The van der Waals surface area contributed by atoms with Gasteiger partial charge in [0, 0.05) is 29.2 Å². The summed E-state index contributed by atoms with van der Waals surface area (Å²) in [6, 6.07) is 14.9. The molecule has 3 aromatic rings. The van der Waals surface area contributed by atoms with Crippen molar-refractivity contribution in [2.24, 2.45) is 0 Å². The summed E-state index contributed by atoms with van der Waals surface area (Å²) in [6.07, 6.45) is 5.42. The van der Waals surface area contributed by atoms with E-state index in [0.29, 0.717) is 5.69 Å². The minimum Gasteiger partial charge on any atom is -0.497 e. The molecule has 1 aromatic heterocycles. The maximum atomic E-state index is 12.7. The van der Waals surface area contributed by atoms with Crippen LogP contribution in [0.15, 0.2) is 53.9 Å². The molecule has 0 N–H and O–H groups in total. The number of thiazole rings is 1. The van der Waals surface area contributed by atoms with E-state index >= 15 is 0 Å². The molecule has 0 fully saturated rings. The van der Waals surface area contributed by atoms with E-state index in [1.807, 2.05) is 42.5 Å². The lowest BCUT2D eigenvalue weighted by atomic mass is 10.2. The highest BCUT2D eigenvalue weighted by Gasteiger charge is 2.17. The topological polar surface area (TPSA) is 42.4 Å². The van der Waals surface area contributed by atoms with Gasteiger partial charge in [-0.25, -0.2) is 4.98 Å². The van der Waals surface area contributed by atoms with E-state index in [9.17, 15) is 4.79 Å². The Morgan fingerprint density at radius 3 is 2.68 bits per heavy atom. The largest absolute Gasteiger partial charge is 0.497 e. The zero-order chi connectivity index (χ0) is 17.8. The van der Waals surface area contributed by atoms with Crippen molar-refractivity contribution in [2.45, 2.75) is 0 Å². The first-order valence-electron chi connectivity index (χ1n) is 7.57. The Hall–Kier alpha value is -3.10. The van der Waals surface area contributed by atoms with Gasteiger partial charge < -0.3 is 9.64 Å². The molecule has 5 heteroatoms. The first-order chi connectivity index (χ1) is 12.1.